The highest BCUT2D eigenvalue weighted by Crippen LogP contribution is 2.29. The van der Waals surface area contributed by atoms with Gasteiger partial charge in [-0.15, -0.1) is 0 Å². The Labute approximate surface area is 161 Å². The van der Waals surface area contributed by atoms with Crippen molar-refractivity contribution in [3.8, 4) is 0 Å². The molecule has 1 aliphatic rings. The van der Waals surface area contributed by atoms with E-state index < -0.39 is 21.8 Å². The lowest BCUT2D eigenvalue weighted by molar-refractivity contribution is -0.137. The predicted molar refractivity (Wildman–Crippen MR) is 98.2 cm³/mol. The van der Waals surface area contributed by atoms with E-state index in [9.17, 15) is 26.4 Å². The second-order valence-electron chi connectivity index (χ2n) is 6.66. The second-order valence-corrected chi connectivity index (χ2v) is 8.38. The van der Waals surface area contributed by atoms with Crippen molar-refractivity contribution >= 4 is 21.6 Å². The molecule has 2 aromatic rings. The van der Waals surface area contributed by atoms with E-state index in [1.807, 2.05) is 0 Å². The van der Waals surface area contributed by atoms with E-state index in [0.717, 1.165) is 30.5 Å². The van der Waals surface area contributed by atoms with Crippen molar-refractivity contribution in [3.05, 3.63) is 59.7 Å². The van der Waals surface area contributed by atoms with Crippen LogP contribution in [0.15, 0.2) is 53.4 Å². The standard InChI is InChI=1S/C19H19F3N2O3S/c20-19(21,22)14-4-6-15(7-5-14)23-18(25)12-3-13-1-10-17(11-2-13)28(26,27)24-16-8-9-16/h1-2,4-7,10-11,16,24H,3,8-9,12H2,(H,23,25). The van der Waals surface area contributed by atoms with Gasteiger partial charge in [-0.25, -0.2) is 13.1 Å². The van der Waals surface area contributed by atoms with Gasteiger partial charge in [-0.2, -0.15) is 13.2 Å². The Hall–Kier alpha value is -2.39. The molecule has 0 aliphatic heterocycles. The lowest BCUT2D eigenvalue weighted by Crippen LogP contribution is -2.25. The maximum Gasteiger partial charge on any atom is 0.416 e. The number of benzene rings is 2. The Balaban J connectivity index is 1.51. The molecule has 0 unspecified atom stereocenters. The number of aryl methyl sites for hydroxylation is 1. The zero-order chi connectivity index (χ0) is 20.4. The number of anilines is 1. The molecule has 0 bridgehead atoms. The van der Waals surface area contributed by atoms with Gasteiger partial charge in [0.25, 0.3) is 0 Å². The number of carbonyl (C=O) groups is 1. The molecular formula is C19H19F3N2O3S. The first-order chi connectivity index (χ1) is 13.1. The number of hydrogen-bond acceptors (Lipinski definition) is 3. The van der Waals surface area contributed by atoms with Crippen LogP contribution in [0.1, 0.15) is 30.4 Å². The molecule has 0 heterocycles. The number of alkyl halides is 3. The van der Waals surface area contributed by atoms with Gasteiger partial charge in [0.1, 0.15) is 0 Å². The number of rotatable bonds is 7. The summed E-state index contributed by atoms with van der Waals surface area (Å²) >= 11 is 0. The van der Waals surface area contributed by atoms with E-state index in [1.54, 1.807) is 12.1 Å². The smallest absolute Gasteiger partial charge is 0.326 e. The number of sulfonamides is 1. The maximum atomic E-state index is 12.5. The zero-order valence-electron chi connectivity index (χ0n) is 14.8. The van der Waals surface area contributed by atoms with E-state index >= 15 is 0 Å². The molecule has 9 heteroatoms. The Morgan fingerprint density at radius 3 is 2.14 bits per heavy atom. The van der Waals surface area contributed by atoms with Crippen LogP contribution in [0.2, 0.25) is 0 Å². The quantitative estimate of drug-likeness (QED) is 0.728. The molecule has 1 amide bonds. The summed E-state index contributed by atoms with van der Waals surface area (Å²) in [6.45, 7) is 0. The molecule has 5 nitrogen and oxygen atoms in total. The molecule has 150 valence electrons. The number of amides is 1. The highest BCUT2D eigenvalue weighted by atomic mass is 32.2. The average Bonchev–Trinajstić information content (AvgIpc) is 3.43. The number of halogens is 3. The second kappa shape index (κ2) is 7.92. The molecular weight excluding hydrogens is 393 g/mol. The van der Waals surface area contributed by atoms with Crippen LogP contribution in [0.25, 0.3) is 0 Å². The molecule has 3 rings (SSSR count). The fourth-order valence-corrected chi connectivity index (χ4v) is 3.85. The molecule has 1 fully saturated rings. The minimum atomic E-state index is -4.42. The first kappa shape index (κ1) is 20.3. The number of nitrogens with one attached hydrogen (secondary N) is 2. The van der Waals surface area contributed by atoms with E-state index in [1.165, 1.54) is 24.3 Å². The summed E-state index contributed by atoms with van der Waals surface area (Å²) in [6.07, 6.45) is -2.22. The van der Waals surface area contributed by atoms with Crippen molar-refractivity contribution in [1.82, 2.24) is 4.72 Å². The Bertz CT molecular complexity index is 936. The van der Waals surface area contributed by atoms with E-state index in [2.05, 4.69) is 10.0 Å². The van der Waals surface area contributed by atoms with Crippen LogP contribution in [0.4, 0.5) is 18.9 Å². The van der Waals surface area contributed by atoms with Crippen LogP contribution in [-0.4, -0.2) is 20.4 Å². The third kappa shape index (κ3) is 5.56. The minimum absolute atomic E-state index is 0.0265. The molecule has 0 spiro atoms. The number of hydrogen-bond donors (Lipinski definition) is 2. The average molecular weight is 412 g/mol. The molecule has 0 radical (unpaired) electrons. The Morgan fingerprint density at radius 2 is 1.61 bits per heavy atom. The number of carbonyl (C=O) groups excluding carboxylic acids is 1. The summed E-state index contributed by atoms with van der Waals surface area (Å²) in [5.41, 5.74) is 0.287. The monoisotopic (exact) mass is 412 g/mol. The van der Waals surface area contributed by atoms with Gasteiger partial charge in [0.2, 0.25) is 15.9 Å². The lowest BCUT2D eigenvalue weighted by Gasteiger charge is -2.09. The van der Waals surface area contributed by atoms with Crippen LogP contribution >= 0.6 is 0 Å². The summed E-state index contributed by atoms with van der Waals surface area (Å²) in [6, 6.07) is 10.5. The Kier molecular flexibility index (Phi) is 5.76. The lowest BCUT2D eigenvalue weighted by atomic mass is 10.1. The van der Waals surface area contributed by atoms with Crippen LogP contribution in [0.3, 0.4) is 0 Å². The third-order valence-electron chi connectivity index (χ3n) is 4.27. The van der Waals surface area contributed by atoms with Gasteiger partial charge in [0.15, 0.2) is 0 Å². The predicted octanol–water partition coefficient (Wildman–Crippen LogP) is 3.72. The summed E-state index contributed by atoms with van der Waals surface area (Å²) in [4.78, 5) is 12.2. The molecule has 28 heavy (non-hydrogen) atoms. The van der Waals surface area contributed by atoms with E-state index in [-0.39, 0.29) is 29.0 Å². The van der Waals surface area contributed by atoms with Gasteiger partial charge in [-0.05, 0) is 61.2 Å². The van der Waals surface area contributed by atoms with Crippen LogP contribution in [0, 0.1) is 0 Å². The topological polar surface area (TPSA) is 75.3 Å². The molecule has 1 aliphatic carbocycles. The molecule has 1 saturated carbocycles. The van der Waals surface area contributed by atoms with Gasteiger partial charge in [0, 0.05) is 18.2 Å². The highest BCUT2D eigenvalue weighted by Gasteiger charge is 2.30. The van der Waals surface area contributed by atoms with Crippen molar-refractivity contribution in [3.63, 3.8) is 0 Å². The van der Waals surface area contributed by atoms with E-state index in [0.29, 0.717) is 6.42 Å². The van der Waals surface area contributed by atoms with Gasteiger partial charge < -0.3 is 5.32 Å². The van der Waals surface area contributed by atoms with E-state index in [4.69, 9.17) is 0 Å². The summed E-state index contributed by atoms with van der Waals surface area (Å²) in [5, 5.41) is 2.54. The van der Waals surface area contributed by atoms with Crippen LogP contribution in [-0.2, 0) is 27.4 Å². The van der Waals surface area contributed by atoms with Crippen LogP contribution < -0.4 is 10.0 Å². The fourth-order valence-electron chi connectivity index (χ4n) is 2.55. The maximum absolute atomic E-state index is 12.5. The summed E-state index contributed by atoms with van der Waals surface area (Å²) in [7, 11) is -3.51. The molecule has 0 aromatic heterocycles. The normalized spacial score (nSPS) is 14.7. The Morgan fingerprint density at radius 1 is 1.00 bits per heavy atom. The van der Waals surface area contributed by atoms with Crippen molar-refractivity contribution < 1.29 is 26.4 Å². The third-order valence-corrected chi connectivity index (χ3v) is 5.81. The zero-order valence-corrected chi connectivity index (χ0v) is 15.6. The fraction of sp³-hybridized carbons (Fsp3) is 0.316. The minimum Gasteiger partial charge on any atom is -0.326 e. The van der Waals surface area contributed by atoms with Gasteiger partial charge in [0.05, 0.1) is 10.5 Å². The summed E-state index contributed by atoms with van der Waals surface area (Å²) < 4.78 is 64.4. The molecule has 0 saturated heterocycles. The van der Waals surface area contributed by atoms with Gasteiger partial charge in [-0.3, -0.25) is 4.79 Å². The van der Waals surface area contributed by atoms with Crippen molar-refractivity contribution in [2.75, 3.05) is 5.32 Å². The first-order valence-corrected chi connectivity index (χ1v) is 10.2. The van der Waals surface area contributed by atoms with Gasteiger partial charge in [-0.1, -0.05) is 12.1 Å². The SMILES string of the molecule is O=C(CCc1ccc(S(=O)(=O)NC2CC2)cc1)Nc1ccc(C(F)(F)F)cc1. The molecule has 2 aromatic carbocycles. The van der Waals surface area contributed by atoms with Gasteiger partial charge >= 0.3 is 6.18 Å². The van der Waals surface area contributed by atoms with Crippen molar-refractivity contribution in [2.24, 2.45) is 0 Å². The van der Waals surface area contributed by atoms with Crippen molar-refractivity contribution in [2.45, 2.75) is 42.8 Å². The van der Waals surface area contributed by atoms with Crippen LogP contribution in [0.5, 0.6) is 0 Å². The molecule has 0 atom stereocenters. The largest absolute Gasteiger partial charge is 0.416 e. The van der Waals surface area contributed by atoms with Crippen molar-refractivity contribution in [1.29, 1.82) is 0 Å². The molecule has 2 N–H and O–H groups in total. The summed E-state index contributed by atoms with van der Waals surface area (Å²) in [5.74, 6) is -0.341. The highest BCUT2D eigenvalue weighted by molar-refractivity contribution is 7.89. The first-order valence-electron chi connectivity index (χ1n) is 8.72.